The van der Waals surface area contributed by atoms with Crippen LogP contribution in [0.5, 0.6) is 0 Å². The van der Waals surface area contributed by atoms with Gasteiger partial charge < -0.3 is 56.2 Å². The zero-order valence-corrected chi connectivity index (χ0v) is 19.6. The minimum Gasteiger partial charge on any atom is -2.00 e. The summed E-state index contributed by atoms with van der Waals surface area (Å²) in [5, 5.41) is 23.3. The van der Waals surface area contributed by atoms with Gasteiger partial charge in [-0.15, -0.1) is 6.54 Å². The summed E-state index contributed by atoms with van der Waals surface area (Å²) in [5.41, 5.74) is 0.860. The van der Waals surface area contributed by atoms with Crippen molar-refractivity contribution < 1.29 is 39.1 Å². The van der Waals surface area contributed by atoms with E-state index in [9.17, 15) is 13.5 Å². The molecule has 12 heteroatoms. The number of nitrogens with one attached hydrogen (secondary N) is 1. The minimum atomic E-state index is -3.94. The molecule has 1 aromatic carbocycles. The van der Waals surface area contributed by atoms with Gasteiger partial charge in [-0.1, -0.05) is 12.1 Å². The molecule has 0 amide bonds. The van der Waals surface area contributed by atoms with Gasteiger partial charge in [0, 0.05) is 18.0 Å². The standard InChI is InChI=1S/C16H26N4O3S3.O.Tc/c17-26(22,23)15-3-1-14(2-4-15)5-6-19-16(21)13-20(10-12-25)9-7-18-8-11-24;;/h1-4H,5-13H2,(H4-,17,19,21,22,23,24,25);;/q2*-2;+7/p-3/i;;1+1. The molecule has 0 fully saturated rings. The fraction of sp³-hybridized carbons (Fsp3) is 0.562. The monoisotopic (exact) mass is 530 g/mol. The average molecular weight is 530 g/mol. The molecule has 8 nitrogen and oxygen atoms in total. The predicted molar refractivity (Wildman–Crippen MR) is 109 cm³/mol. The largest absolute Gasteiger partial charge is 7.00 e. The van der Waals surface area contributed by atoms with E-state index in [0.29, 0.717) is 50.7 Å². The van der Waals surface area contributed by atoms with Crippen molar-refractivity contribution in [2.45, 2.75) is 11.3 Å². The molecule has 0 aromatic heterocycles. The Morgan fingerprint density at radius 3 is 2.32 bits per heavy atom. The molecule has 0 saturated carbocycles. The van der Waals surface area contributed by atoms with Crippen molar-refractivity contribution >= 4 is 41.2 Å². The van der Waals surface area contributed by atoms with E-state index in [0.717, 1.165) is 5.56 Å². The maximum atomic E-state index is 12.0. The molecule has 0 aliphatic rings. The van der Waals surface area contributed by atoms with Crippen LogP contribution in [0, 0.1) is 0 Å². The summed E-state index contributed by atoms with van der Waals surface area (Å²) in [7, 11) is -3.94. The van der Waals surface area contributed by atoms with Gasteiger partial charge >= 0.3 is 20.1 Å². The summed E-state index contributed by atoms with van der Waals surface area (Å²) >= 11 is 9.82. The van der Waals surface area contributed by atoms with Crippen LogP contribution in [0.1, 0.15) is 5.56 Å². The molecule has 28 heavy (non-hydrogen) atoms. The summed E-state index contributed by atoms with van der Waals surface area (Å²) in [6, 6.07) is 6.03. The van der Waals surface area contributed by atoms with E-state index in [4.69, 9.17) is 30.4 Å². The summed E-state index contributed by atoms with van der Waals surface area (Å²) in [4.78, 5) is 5.94. The topological polar surface area (TPSA) is 139 Å². The Balaban J connectivity index is 0. The smallest absolute Gasteiger partial charge is 2.00 e. The van der Waals surface area contributed by atoms with Crippen LogP contribution >= 0.6 is 0 Å². The molecule has 1 aromatic rings. The minimum absolute atomic E-state index is 0. The first-order valence-corrected chi connectivity index (χ1v) is 10.8. The van der Waals surface area contributed by atoms with Crippen LogP contribution in [0.4, 0.5) is 0 Å². The number of sulfonamides is 1. The maximum Gasteiger partial charge on any atom is 7.00 e. The molecule has 0 aliphatic heterocycles. The van der Waals surface area contributed by atoms with Crippen LogP contribution in [-0.4, -0.2) is 70.0 Å². The van der Waals surface area contributed by atoms with Crippen LogP contribution in [0.15, 0.2) is 34.2 Å². The molecule has 0 aliphatic carbocycles. The molecule has 156 valence electrons. The van der Waals surface area contributed by atoms with E-state index in [1.807, 2.05) is 4.90 Å². The van der Waals surface area contributed by atoms with Crippen LogP contribution < -0.4 is 5.11 Å². The Morgan fingerprint density at radius 1 is 1.14 bits per heavy atom. The first-order chi connectivity index (χ1) is 12.4. The summed E-state index contributed by atoms with van der Waals surface area (Å²) in [5.74, 6) is 0.936. The number of nitrogens with zero attached hydrogens (tertiary/aromatic N) is 3. The van der Waals surface area contributed by atoms with Gasteiger partial charge in [0.1, 0.15) is 0 Å². The number of hydrogen-bond donors (Lipinski definition) is 0. The van der Waals surface area contributed by atoms with Gasteiger partial charge in [0.05, 0.1) is 10.0 Å². The van der Waals surface area contributed by atoms with E-state index in [2.05, 4.69) is 10.3 Å². The third kappa shape index (κ3) is 13.1. The number of hydrogen-bond acceptors (Lipinski definition) is 7. The van der Waals surface area contributed by atoms with Crippen molar-refractivity contribution in [3.63, 3.8) is 0 Å². The number of rotatable bonds is 13. The Kier molecular flexibility index (Phi) is 17.8. The van der Waals surface area contributed by atoms with Gasteiger partial charge in [0.15, 0.2) is 0 Å². The third-order valence-electron chi connectivity index (χ3n) is 3.51. The van der Waals surface area contributed by atoms with Gasteiger partial charge in [-0.2, -0.15) is 18.1 Å². The van der Waals surface area contributed by atoms with E-state index in [1.54, 1.807) is 12.1 Å². The Hall–Kier alpha value is -0.171. The molecule has 1 N–H and O–H groups in total. The van der Waals surface area contributed by atoms with Crippen molar-refractivity contribution in [2.24, 2.45) is 4.99 Å². The van der Waals surface area contributed by atoms with Gasteiger partial charge in [-0.05, 0) is 43.1 Å². The predicted octanol–water partition coefficient (Wildman–Crippen LogP) is 0.377. The fourth-order valence-electron chi connectivity index (χ4n) is 2.17. The molecule has 0 saturated heterocycles. The molecular weight excluding hydrogens is 507 g/mol. The molecule has 0 atom stereocenters. The average Bonchev–Trinajstić information content (AvgIpc) is 2.58. The van der Waals surface area contributed by atoms with E-state index in [1.165, 1.54) is 12.1 Å². The summed E-state index contributed by atoms with van der Waals surface area (Å²) < 4.78 is 22.2. The summed E-state index contributed by atoms with van der Waals surface area (Å²) in [6.45, 7) is 3.13. The second-order valence-corrected chi connectivity index (χ2v) is 7.82. The van der Waals surface area contributed by atoms with Crippen molar-refractivity contribution in [2.75, 3.05) is 50.8 Å². The molecule has 0 unspecified atom stereocenters. The fourth-order valence-corrected chi connectivity index (χ4v) is 3.06. The van der Waals surface area contributed by atoms with E-state index in [-0.39, 0.29) is 42.9 Å². The van der Waals surface area contributed by atoms with Gasteiger partial charge in [0.2, 0.25) is 0 Å². The molecule has 0 radical (unpaired) electrons. The second kappa shape index (κ2) is 16.6. The molecular formula is C16H23N4O4S3Tc. The quantitative estimate of drug-likeness (QED) is 0.156. The first kappa shape index (κ1) is 30.0. The van der Waals surface area contributed by atoms with Crippen LogP contribution in [0.3, 0.4) is 0 Å². The van der Waals surface area contributed by atoms with Crippen LogP contribution in [0.2, 0.25) is 0 Å². The van der Waals surface area contributed by atoms with Crippen molar-refractivity contribution in [1.82, 2.24) is 4.90 Å². The third-order valence-corrected chi connectivity index (χ3v) is 4.77. The van der Waals surface area contributed by atoms with Crippen molar-refractivity contribution in [3.8, 4) is 0 Å². The van der Waals surface area contributed by atoms with E-state index < -0.39 is 10.0 Å². The number of benzene rings is 1. The van der Waals surface area contributed by atoms with Gasteiger partial charge in [-0.3, -0.25) is 0 Å². The molecule has 0 bridgehead atoms. The van der Waals surface area contributed by atoms with Gasteiger partial charge in [-0.25, -0.2) is 8.42 Å². The SMILES string of the molecule is [99Tc+7].[NH-]S(=O)(=O)c1ccc(CCN=C([O-])CN(CC[S-])CC[N-]CC[S-])cc1.[O-2]. The zero-order valence-electron chi connectivity index (χ0n) is 15.3. The van der Waals surface area contributed by atoms with Crippen LogP contribution in [0.25, 0.3) is 10.5 Å². The molecule has 0 spiro atoms. The molecule has 1 rings (SSSR count). The first-order valence-electron chi connectivity index (χ1n) is 8.17. The maximum absolute atomic E-state index is 12.0. The van der Waals surface area contributed by atoms with Crippen LogP contribution in [-0.2, 0) is 67.3 Å². The number of aliphatic imine (C=N–C) groups is 1. The Bertz CT molecular complexity index is 660. The van der Waals surface area contributed by atoms with E-state index >= 15 is 0 Å². The normalized spacial score (nSPS) is 11.8. The van der Waals surface area contributed by atoms with Crippen molar-refractivity contribution in [1.29, 1.82) is 0 Å². The van der Waals surface area contributed by atoms with Crippen molar-refractivity contribution in [3.05, 3.63) is 40.3 Å². The zero-order chi connectivity index (χ0) is 19.4. The Labute approximate surface area is 191 Å². The summed E-state index contributed by atoms with van der Waals surface area (Å²) in [6.07, 6.45) is 0.527. The van der Waals surface area contributed by atoms with Gasteiger partial charge in [0.25, 0.3) is 0 Å². The Morgan fingerprint density at radius 2 is 1.79 bits per heavy atom. The molecule has 0 heterocycles. The second-order valence-electron chi connectivity index (χ2n) is 5.53.